The van der Waals surface area contributed by atoms with Gasteiger partial charge in [-0.05, 0) is 24.3 Å². The molecule has 5 nitrogen and oxygen atoms in total. The van der Waals surface area contributed by atoms with Crippen molar-refractivity contribution in [1.82, 2.24) is 4.98 Å². The molecule has 2 rings (SSSR count). The number of methoxy groups -OCH3 is 1. The van der Waals surface area contributed by atoms with Crippen molar-refractivity contribution in [2.75, 3.05) is 37.9 Å². The highest BCUT2D eigenvalue weighted by atomic mass is 16.5. The Balaban J connectivity index is 2.32. The summed E-state index contributed by atoms with van der Waals surface area (Å²) in [7, 11) is 3.50. The maximum absolute atomic E-state index is 9.80. The molecule has 0 fully saturated rings. The molecule has 0 aliphatic heterocycles. The lowest BCUT2D eigenvalue weighted by molar-refractivity contribution is 0.0695. The minimum Gasteiger partial charge on any atom is -0.397 e. The average Bonchev–Trinajstić information content (AvgIpc) is 2.39. The number of likely N-dealkylation sites (N-methyl/N-ethyl adjacent to an activating group) is 1. The van der Waals surface area contributed by atoms with Crippen molar-refractivity contribution in [3.63, 3.8) is 0 Å². The lowest BCUT2D eigenvalue weighted by Gasteiger charge is -2.24. The number of rotatable bonds is 5. The van der Waals surface area contributed by atoms with Crippen molar-refractivity contribution < 1.29 is 9.84 Å². The van der Waals surface area contributed by atoms with Crippen LogP contribution in [0, 0.1) is 0 Å². The van der Waals surface area contributed by atoms with E-state index in [0.29, 0.717) is 18.8 Å². The minimum atomic E-state index is -0.528. The van der Waals surface area contributed by atoms with Gasteiger partial charge in [-0.3, -0.25) is 4.98 Å². The summed E-state index contributed by atoms with van der Waals surface area (Å²) in [6.07, 6.45) is 1.20. The number of anilines is 2. The third-order valence-corrected chi connectivity index (χ3v) is 3.03. The standard InChI is InChI=1S/C14H19N3O2/c1-17(8-10(18)9-19-2)13-6-5-12(15)14-11(13)4-3-7-16-14/h3-7,10,18H,8-9,15H2,1-2H3. The van der Waals surface area contributed by atoms with Crippen LogP contribution in [0.5, 0.6) is 0 Å². The maximum atomic E-state index is 9.80. The van der Waals surface area contributed by atoms with Crippen LogP contribution >= 0.6 is 0 Å². The van der Waals surface area contributed by atoms with Gasteiger partial charge in [0, 0.05) is 38.0 Å². The van der Waals surface area contributed by atoms with E-state index >= 15 is 0 Å². The van der Waals surface area contributed by atoms with Crippen molar-refractivity contribution in [1.29, 1.82) is 0 Å². The molecular formula is C14H19N3O2. The van der Waals surface area contributed by atoms with Crippen molar-refractivity contribution >= 4 is 22.3 Å². The van der Waals surface area contributed by atoms with Gasteiger partial charge in [-0.15, -0.1) is 0 Å². The average molecular weight is 261 g/mol. The van der Waals surface area contributed by atoms with Crippen molar-refractivity contribution in [3.05, 3.63) is 30.5 Å². The first kappa shape index (κ1) is 13.6. The fourth-order valence-electron chi connectivity index (χ4n) is 2.17. The summed E-state index contributed by atoms with van der Waals surface area (Å²) in [5.41, 5.74) is 8.36. The summed E-state index contributed by atoms with van der Waals surface area (Å²) in [5, 5.41) is 10.8. The van der Waals surface area contributed by atoms with E-state index in [9.17, 15) is 5.11 Å². The summed E-state index contributed by atoms with van der Waals surface area (Å²) in [6, 6.07) is 7.64. The molecule has 0 saturated heterocycles. The molecule has 0 spiro atoms. The van der Waals surface area contributed by atoms with Gasteiger partial charge in [0.15, 0.2) is 0 Å². The number of aliphatic hydroxyl groups is 1. The SMILES string of the molecule is COCC(O)CN(C)c1ccc(N)c2ncccc12. The van der Waals surface area contributed by atoms with E-state index in [0.717, 1.165) is 16.6 Å². The molecule has 5 heteroatoms. The van der Waals surface area contributed by atoms with E-state index in [1.807, 2.05) is 36.2 Å². The van der Waals surface area contributed by atoms with Crippen LogP contribution in [-0.4, -0.2) is 43.5 Å². The highest BCUT2D eigenvalue weighted by Gasteiger charge is 2.12. The normalized spacial score (nSPS) is 12.6. The van der Waals surface area contributed by atoms with Crippen LogP contribution in [0.25, 0.3) is 10.9 Å². The Morgan fingerprint density at radius 2 is 2.21 bits per heavy atom. The quantitative estimate of drug-likeness (QED) is 0.793. The fraction of sp³-hybridized carbons (Fsp3) is 0.357. The van der Waals surface area contributed by atoms with E-state index in [1.54, 1.807) is 13.3 Å². The van der Waals surface area contributed by atoms with Crippen molar-refractivity contribution in [2.24, 2.45) is 0 Å². The second-order valence-corrected chi connectivity index (χ2v) is 4.56. The lowest BCUT2D eigenvalue weighted by atomic mass is 10.1. The lowest BCUT2D eigenvalue weighted by Crippen LogP contribution is -2.32. The number of hydrogen-bond acceptors (Lipinski definition) is 5. The van der Waals surface area contributed by atoms with E-state index in [4.69, 9.17) is 10.5 Å². The highest BCUT2D eigenvalue weighted by Crippen LogP contribution is 2.28. The molecule has 0 saturated carbocycles. The molecule has 0 aliphatic rings. The van der Waals surface area contributed by atoms with Gasteiger partial charge in [0.05, 0.1) is 23.9 Å². The van der Waals surface area contributed by atoms with Crippen molar-refractivity contribution in [2.45, 2.75) is 6.10 Å². The predicted molar refractivity (Wildman–Crippen MR) is 77.3 cm³/mol. The minimum absolute atomic E-state index is 0.315. The number of nitrogen functional groups attached to an aromatic ring is 1. The van der Waals surface area contributed by atoms with Crippen LogP contribution < -0.4 is 10.6 Å². The van der Waals surface area contributed by atoms with Gasteiger partial charge in [0.2, 0.25) is 0 Å². The number of pyridine rings is 1. The summed E-state index contributed by atoms with van der Waals surface area (Å²) < 4.78 is 4.94. The number of benzene rings is 1. The number of hydrogen-bond donors (Lipinski definition) is 2. The second-order valence-electron chi connectivity index (χ2n) is 4.56. The second kappa shape index (κ2) is 5.86. The summed E-state index contributed by atoms with van der Waals surface area (Å²) in [6.45, 7) is 0.803. The number of ether oxygens (including phenoxy) is 1. The molecule has 1 atom stereocenters. The van der Waals surface area contributed by atoms with Crippen LogP contribution in [-0.2, 0) is 4.74 Å². The van der Waals surface area contributed by atoms with E-state index in [1.165, 1.54) is 0 Å². The zero-order valence-electron chi connectivity index (χ0n) is 11.2. The van der Waals surface area contributed by atoms with Crippen LogP contribution in [0.4, 0.5) is 11.4 Å². The zero-order chi connectivity index (χ0) is 13.8. The first-order valence-corrected chi connectivity index (χ1v) is 6.15. The van der Waals surface area contributed by atoms with Gasteiger partial charge in [0.1, 0.15) is 0 Å². The number of aliphatic hydroxyl groups excluding tert-OH is 1. The third-order valence-electron chi connectivity index (χ3n) is 3.03. The molecule has 1 aromatic carbocycles. The summed E-state index contributed by atoms with van der Waals surface area (Å²) in [4.78, 5) is 6.28. The molecule has 19 heavy (non-hydrogen) atoms. The topological polar surface area (TPSA) is 71.6 Å². The molecular weight excluding hydrogens is 242 g/mol. The van der Waals surface area contributed by atoms with Crippen LogP contribution in [0.3, 0.4) is 0 Å². The van der Waals surface area contributed by atoms with Gasteiger partial charge in [0.25, 0.3) is 0 Å². The molecule has 1 unspecified atom stereocenters. The van der Waals surface area contributed by atoms with Gasteiger partial charge in [-0.25, -0.2) is 0 Å². The fourth-order valence-corrected chi connectivity index (χ4v) is 2.17. The Morgan fingerprint density at radius 3 is 2.95 bits per heavy atom. The third kappa shape index (κ3) is 2.94. The Hall–Kier alpha value is -1.85. The molecule has 2 aromatic rings. The van der Waals surface area contributed by atoms with Crippen LogP contribution in [0.15, 0.2) is 30.5 Å². The maximum Gasteiger partial charge on any atom is 0.0951 e. The first-order chi connectivity index (χ1) is 9.13. The van der Waals surface area contributed by atoms with Gasteiger partial charge in [-0.1, -0.05) is 0 Å². The molecule has 0 bridgehead atoms. The van der Waals surface area contributed by atoms with E-state index in [-0.39, 0.29) is 0 Å². The molecule has 1 heterocycles. The summed E-state index contributed by atoms with van der Waals surface area (Å²) >= 11 is 0. The Labute approximate surface area is 112 Å². The Morgan fingerprint density at radius 1 is 1.42 bits per heavy atom. The highest BCUT2D eigenvalue weighted by molar-refractivity contribution is 5.98. The van der Waals surface area contributed by atoms with Crippen LogP contribution in [0.2, 0.25) is 0 Å². The number of aromatic nitrogens is 1. The smallest absolute Gasteiger partial charge is 0.0951 e. The Kier molecular flexibility index (Phi) is 4.19. The zero-order valence-corrected chi connectivity index (χ0v) is 11.2. The largest absolute Gasteiger partial charge is 0.397 e. The van der Waals surface area contributed by atoms with Crippen molar-refractivity contribution in [3.8, 4) is 0 Å². The number of nitrogens with zero attached hydrogens (tertiary/aromatic N) is 2. The molecule has 102 valence electrons. The first-order valence-electron chi connectivity index (χ1n) is 6.15. The van der Waals surface area contributed by atoms with Gasteiger partial charge >= 0.3 is 0 Å². The Bertz CT molecular complexity index is 559. The monoisotopic (exact) mass is 261 g/mol. The van der Waals surface area contributed by atoms with E-state index < -0.39 is 6.10 Å². The molecule has 0 radical (unpaired) electrons. The van der Waals surface area contributed by atoms with Crippen LogP contribution in [0.1, 0.15) is 0 Å². The number of fused-ring (bicyclic) bond motifs is 1. The molecule has 0 amide bonds. The molecule has 0 aliphatic carbocycles. The molecule has 3 N–H and O–H groups in total. The summed E-state index contributed by atoms with van der Waals surface area (Å²) in [5.74, 6) is 0. The van der Waals surface area contributed by atoms with E-state index in [2.05, 4.69) is 4.98 Å². The van der Waals surface area contributed by atoms with Gasteiger partial charge < -0.3 is 20.5 Å². The number of nitrogens with two attached hydrogens (primary N) is 1. The predicted octanol–water partition coefficient (Wildman–Crippen LogP) is 1.26. The van der Waals surface area contributed by atoms with Gasteiger partial charge in [-0.2, -0.15) is 0 Å². The molecule has 1 aromatic heterocycles.